The minimum Gasteiger partial charge on any atom is -0.275 e. The lowest BCUT2D eigenvalue weighted by Gasteiger charge is -2.18. The summed E-state index contributed by atoms with van der Waals surface area (Å²) in [5.41, 5.74) is -3.92. The normalized spacial score (nSPS) is 10.7. The molecule has 16 heteroatoms. The number of nitrogens with zero attached hydrogens (tertiary/aromatic N) is 6. The Hall–Kier alpha value is -2.02. The monoisotopic (exact) mass is 418 g/mol. The van der Waals surface area contributed by atoms with Crippen molar-refractivity contribution in [2.24, 2.45) is 0 Å². The molecule has 0 amide bonds. The number of H-pyrrole nitrogens is 2. The van der Waals surface area contributed by atoms with Crippen molar-refractivity contribution in [1.82, 2.24) is 28.1 Å². The zero-order valence-corrected chi connectivity index (χ0v) is 14.3. The number of nitrogens with one attached hydrogen (secondary N) is 2. The molecule has 12 nitrogen and oxygen atoms in total. The van der Waals surface area contributed by atoms with Gasteiger partial charge in [-0.3, -0.25) is 18.8 Å². The van der Waals surface area contributed by atoms with E-state index in [9.17, 15) is 19.2 Å². The molecular weight excluding hydrogens is 414 g/mol. The molecule has 0 saturated heterocycles. The largest absolute Gasteiger partial charge is 0.370 e. The third-order valence-corrected chi connectivity index (χ3v) is 3.74. The Morgan fingerprint density at radius 3 is 1.42 bits per heavy atom. The molecule has 0 radical (unpaired) electrons. The van der Waals surface area contributed by atoms with Crippen LogP contribution in [0.1, 0.15) is 0 Å². The van der Waals surface area contributed by atoms with E-state index in [4.69, 9.17) is 47.1 Å². The molecule has 24 heavy (non-hydrogen) atoms. The molecule has 0 saturated carbocycles. The van der Waals surface area contributed by atoms with Crippen molar-refractivity contribution in [3.8, 4) is 0 Å². The first-order valence-corrected chi connectivity index (χ1v) is 7.21. The molecule has 0 bridgehead atoms. The Morgan fingerprint density at radius 1 is 0.792 bits per heavy atom. The summed E-state index contributed by atoms with van der Waals surface area (Å²) in [6.07, 6.45) is 0. The van der Waals surface area contributed by atoms with Crippen molar-refractivity contribution >= 4 is 59.0 Å². The highest BCUT2D eigenvalue weighted by atomic mass is 35.5. The number of anilines is 2. The van der Waals surface area contributed by atoms with Crippen LogP contribution in [0.3, 0.4) is 0 Å². The van der Waals surface area contributed by atoms with Crippen LogP contribution in [0.15, 0.2) is 19.2 Å². The molecule has 0 atom stereocenters. The first-order valence-electron chi connectivity index (χ1n) is 5.86. The number of rotatable bonds is 5. The lowest BCUT2D eigenvalue weighted by Crippen LogP contribution is -2.37. The SMILES string of the molecule is O=c1nc(N(Cl)CCN(Cl)c2nc(=O)n(Cl)c(=O)[nH]2)[nH]c(=O)n1Cl. The van der Waals surface area contributed by atoms with E-state index < -0.39 is 22.8 Å². The molecular formula is C8H6Cl4N8O4. The van der Waals surface area contributed by atoms with Crippen LogP contribution in [0, 0.1) is 0 Å². The van der Waals surface area contributed by atoms with E-state index in [1.807, 2.05) is 0 Å². The zero-order valence-electron chi connectivity index (χ0n) is 11.2. The fourth-order valence-corrected chi connectivity index (χ4v) is 1.88. The Kier molecular flexibility index (Phi) is 5.54. The first-order chi connectivity index (χ1) is 11.2. The predicted octanol–water partition coefficient (Wildman–Crippen LogP) is -1.20. The summed E-state index contributed by atoms with van der Waals surface area (Å²) in [7, 11) is 0. The van der Waals surface area contributed by atoms with E-state index in [1.165, 1.54) is 0 Å². The smallest absolute Gasteiger partial charge is 0.275 e. The molecule has 2 N–H and O–H groups in total. The quantitative estimate of drug-likeness (QED) is 0.575. The summed E-state index contributed by atoms with van der Waals surface area (Å²) >= 11 is 22.4. The average molecular weight is 420 g/mol. The van der Waals surface area contributed by atoms with Crippen LogP contribution in [-0.4, -0.2) is 41.2 Å². The second-order valence-corrected chi connectivity index (χ2v) is 5.52. The summed E-state index contributed by atoms with van der Waals surface area (Å²) in [6.45, 7) is -0.180. The summed E-state index contributed by atoms with van der Waals surface area (Å²) in [4.78, 5) is 56.5. The number of hydrogen-bond acceptors (Lipinski definition) is 8. The van der Waals surface area contributed by atoms with Gasteiger partial charge in [0.05, 0.1) is 13.1 Å². The lowest BCUT2D eigenvalue weighted by molar-refractivity contribution is 0.818. The molecule has 0 unspecified atom stereocenters. The highest BCUT2D eigenvalue weighted by Gasteiger charge is 2.14. The van der Waals surface area contributed by atoms with Crippen LogP contribution in [0.4, 0.5) is 11.9 Å². The van der Waals surface area contributed by atoms with Gasteiger partial charge in [0.15, 0.2) is 0 Å². The van der Waals surface area contributed by atoms with Gasteiger partial charge in [-0.15, -0.1) is 8.17 Å². The highest BCUT2D eigenvalue weighted by Crippen LogP contribution is 2.09. The van der Waals surface area contributed by atoms with Crippen LogP contribution < -0.4 is 31.6 Å². The van der Waals surface area contributed by atoms with Crippen molar-refractivity contribution in [2.45, 2.75) is 0 Å². The van der Waals surface area contributed by atoms with E-state index >= 15 is 0 Å². The maximum absolute atomic E-state index is 11.3. The van der Waals surface area contributed by atoms with Gasteiger partial charge >= 0.3 is 22.8 Å². The van der Waals surface area contributed by atoms with Crippen molar-refractivity contribution in [3.63, 3.8) is 0 Å². The van der Waals surface area contributed by atoms with Crippen LogP contribution in [-0.2, 0) is 0 Å². The third kappa shape index (κ3) is 3.90. The Labute approximate surface area is 151 Å². The molecule has 0 fully saturated rings. The molecule has 0 aromatic carbocycles. The average Bonchev–Trinajstić information content (AvgIpc) is 2.53. The Morgan fingerprint density at radius 2 is 1.12 bits per heavy atom. The summed E-state index contributed by atoms with van der Waals surface area (Å²) in [5, 5.41) is 0. The maximum atomic E-state index is 11.3. The minimum absolute atomic E-state index is 0.0899. The van der Waals surface area contributed by atoms with Crippen LogP contribution in [0.2, 0.25) is 0 Å². The van der Waals surface area contributed by atoms with Gasteiger partial charge in [0.1, 0.15) is 0 Å². The first kappa shape index (κ1) is 18.3. The highest BCUT2D eigenvalue weighted by molar-refractivity contribution is 6.26. The molecule has 0 aliphatic carbocycles. The fourth-order valence-electron chi connectivity index (χ4n) is 1.41. The fraction of sp³-hybridized carbons (Fsp3) is 0.250. The Bertz CT molecular complexity index is 838. The van der Waals surface area contributed by atoms with Gasteiger partial charge in [-0.05, 0) is 0 Å². The molecule has 0 spiro atoms. The van der Waals surface area contributed by atoms with Gasteiger partial charge in [0.2, 0.25) is 11.9 Å². The molecule has 0 aliphatic rings. The summed E-state index contributed by atoms with van der Waals surface area (Å²) in [5.74, 6) is -0.544. The minimum atomic E-state index is -1.03. The molecule has 0 aliphatic heterocycles. The van der Waals surface area contributed by atoms with Crippen molar-refractivity contribution < 1.29 is 0 Å². The lowest BCUT2D eigenvalue weighted by atomic mass is 10.6. The van der Waals surface area contributed by atoms with Crippen molar-refractivity contribution in [3.05, 3.63) is 41.9 Å². The topological polar surface area (TPSA) is 142 Å². The van der Waals surface area contributed by atoms with Gasteiger partial charge in [-0.25, -0.2) is 19.2 Å². The van der Waals surface area contributed by atoms with E-state index in [0.717, 1.165) is 8.84 Å². The van der Waals surface area contributed by atoms with Gasteiger partial charge < -0.3 is 0 Å². The number of aromatic nitrogens is 6. The molecule has 2 aromatic heterocycles. The van der Waals surface area contributed by atoms with Crippen LogP contribution >= 0.6 is 47.1 Å². The number of aromatic amines is 2. The van der Waals surface area contributed by atoms with Crippen LogP contribution in [0.25, 0.3) is 0 Å². The molecule has 2 heterocycles. The van der Waals surface area contributed by atoms with Crippen molar-refractivity contribution in [1.29, 1.82) is 0 Å². The van der Waals surface area contributed by atoms with Gasteiger partial charge in [-0.2, -0.15) is 9.97 Å². The van der Waals surface area contributed by atoms with Crippen molar-refractivity contribution in [2.75, 3.05) is 21.9 Å². The second-order valence-electron chi connectivity index (χ2n) is 4.03. The maximum Gasteiger partial charge on any atom is 0.370 e. The van der Waals surface area contributed by atoms with E-state index in [0.29, 0.717) is 0 Å². The van der Waals surface area contributed by atoms with E-state index in [1.54, 1.807) is 0 Å². The summed E-state index contributed by atoms with van der Waals surface area (Å²) < 4.78 is 2.21. The molecule has 130 valence electrons. The third-order valence-electron chi connectivity index (χ3n) is 2.49. The predicted molar refractivity (Wildman–Crippen MR) is 87.1 cm³/mol. The van der Waals surface area contributed by atoms with Gasteiger partial charge in [0.25, 0.3) is 0 Å². The molecule has 2 aromatic rings. The summed E-state index contributed by atoms with van der Waals surface area (Å²) in [6, 6.07) is 0. The van der Waals surface area contributed by atoms with Gasteiger partial charge in [-0.1, -0.05) is 0 Å². The van der Waals surface area contributed by atoms with E-state index in [-0.39, 0.29) is 33.2 Å². The zero-order chi connectivity index (χ0) is 18.0. The van der Waals surface area contributed by atoms with Gasteiger partial charge in [0, 0.05) is 47.1 Å². The number of hydrogen-bond donors (Lipinski definition) is 2. The Balaban J connectivity index is 2.13. The van der Waals surface area contributed by atoms with E-state index in [2.05, 4.69) is 19.9 Å². The standard InChI is InChI=1S/C8H6Cl4N8O4/c9-17(3-13-5(21)19(11)6(22)14-3)1-2-18(10)4-15-7(23)20(12)8(24)16-4/h1-2H2,(H,13,14,21,22)(H,15,16,23,24). The second kappa shape index (κ2) is 7.25. The molecule has 2 rings (SSSR count). The number of halogens is 4. The van der Waals surface area contributed by atoms with Crippen LogP contribution in [0.5, 0.6) is 0 Å².